The maximum Gasteiger partial charge on any atom is 0.295 e. The SMILES string of the molecule is COc1ccc(C2/C(=C(/O)c3ccc4c(c3)CC(C)O4)C(=O)C(=O)N2CCOC(C)C)cc1O. The van der Waals surface area contributed by atoms with E-state index in [0.717, 1.165) is 11.3 Å². The normalized spacial score (nSPS) is 21.1. The number of aliphatic hydroxyl groups is 1. The second-order valence-corrected chi connectivity index (χ2v) is 8.80. The lowest BCUT2D eigenvalue weighted by Gasteiger charge is -2.26. The number of aliphatic hydroxyl groups excluding tert-OH is 1. The van der Waals surface area contributed by atoms with Crippen LogP contribution in [-0.4, -0.2) is 59.3 Å². The highest BCUT2D eigenvalue weighted by Gasteiger charge is 2.46. The number of phenols is 1. The smallest absolute Gasteiger partial charge is 0.295 e. The predicted octanol–water partition coefficient (Wildman–Crippen LogP) is 3.57. The molecule has 0 aromatic heterocycles. The number of fused-ring (bicyclic) bond motifs is 1. The molecule has 2 unspecified atom stereocenters. The van der Waals surface area contributed by atoms with Gasteiger partial charge in [-0.1, -0.05) is 6.07 Å². The van der Waals surface area contributed by atoms with Crippen LogP contribution in [0.25, 0.3) is 5.76 Å². The van der Waals surface area contributed by atoms with E-state index in [0.29, 0.717) is 17.5 Å². The Morgan fingerprint density at radius 3 is 2.65 bits per heavy atom. The van der Waals surface area contributed by atoms with E-state index in [1.807, 2.05) is 20.8 Å². The van der Waals surface area contributed by atoms with E-state index in [1.54, 1.807) is 30.3 Å². The fourth-order valence-corrected chi connectivity index (χ4v) is 4.45. The Morgan fingerprint density at radius 1 is 1.21 bits per heavy atom. The number of hydrogen-bond donors (Lipinski definition) is 2. The van der Waals surface area contributed by atoms with Gasteiger partial charge in [-0.05, 0) is 62.2 Å². The summed E-state index contributed by atoms with van der Waals surface area (Å²) in [6.45, 7) is 6.08. The molecule has 2 N–H and O–H groups in total. The number of likely N-dealkylation sites (tertiary alicyclic amines) is 1. The van der Waals surface area contributed by atoms with E-state index in [9.17, 15) is 19.8 Å². The molecule has 2 heterocycles. The van der Waals surface area contributed by atoms with Crippen molar-refractivity contribution in [1.29, 1.82) is 0 Å². The summed E-state index contributed by atoms with van der Waals surface area (Å²) in [6, 6.07) is 8.98. The van der Waals surface area contributed by atoms with Crippen LogP contribution in [0.2, 0.25) is 0 Å². The molecule has 180 valence electrons. The molecule has 8 nitrogen and oxygen atoms in total. The lowest BCUT2D eigenvalue weighted by Crippen LogP contribution is -2.33. The molecule has 0 radical (unpaired) electrons. The van der Waals surface area contributed by atoms with Crippen LogP contribution in [0, 0.1) is 0 Å². The number of nitrogens with zero attached hydrogens (tertiary/aromatic N) is 1. The minimum Gasteiger partial charge on any atom is -0.507 e. The summed E-state index contributed by atoms with van der Waals surface area (Å²) in [4.78, 5) is 27.5. The number of ether oxygens (including phenoxy) is 3. The van der Waals surface area contributed by atoms with Gasteiger partial charge in [0.2, 0.25) is 0 Å². The number of carbonyl (C=O) groups is 2. The van der Waals surface area contributed by atoms with Crippen molar-refractivity contribution in [1.82, 2.24) is 4.90 Å². The third-order valence-electron chi connectivity index (χ3n) is 6.01. The monoisotopic (exact) mass is 467 g/mol. The average molecular weight is 468 g/mol. The lowest BCUT2D eigenvalue weighted by molar-refractivity contribution is -0.140. The highest BCUT2D eigenvalue weighted by molar-refractivity contribution is 6.46. The average Bonchev–Trinajstić information content (AvgIpc) is 3.29. The van der Waals surface area contributed by atoms with Crippen LogP contribution in [0.4, 0.5) is 0 Å². The van der Waals surface area contributed by atoms with Gasteiger partial charge < -0.3 is 29.3 Å². The number of hydrogen-bond acceptors (Lipinski definition) is 7. The van der Waals surface area contributed by atoms with Crippen LogP contribution in [0.1, 0.15) is 43.5 Å². The van der Waals surface area contributed by atoms with Crippen LogP contribution in [0.15, 0.2) is 42.0 Å². The molecule has 2 atom stereocenters. The first kappa shape index (κ1) is 23.6. The second-order valence-electron chi connectivity index (χ2n) is 8.80. The van der Waals surface area contributed by atoms with E-state index < -0.39 is 17.7 Å². The van der Waals surface area contributed by atoms with Gasteiger partial charge in [0.15, 0.2) is 11.5 Å². The van der Waals surface area contributed by atoms with Crippen molar-refractivity contribution in [3.05, 3.63) is 58.7 Å². The molecular formula is C26H29NO7. The number of amides is 1. The number of carbonyl (C=O) groups excluding carboxylic acids is 2. The number of rotatable bonds is 7. The highest BCUT2D eigenvalue weighted by atomic mass is 16.5. The van der Waals surface area contributed by atoms with Gasteiger partial charge in [-0.2, -0.15) is 0 Å². The zero-order valence-corrected chi connectivity index (χ0v) is 19.7. The molecular weight excluding hydrogens is 438 g/mol. The Balaban J connectivity index is 1.80. The fraction of sp³-hybridized carbons (Fsp3) is 0.385. The van der Waals surface area contributed by atoms with Gasteiger partial charge in [0, 0.05) is 18.5 Å². The summed E-state index contributed by atoms with van der Waals surface area (Å²) >= 11 is 0. The summed E-state index contributed by atoms with van der Waals surface area (Å²) in [7, 11) is 1.43. The van der Waals surface area contributed by atoms with E-state index in [1.165, 1.54) is 18.1 Å². The van der Waals surface area contributed by atoms with Crippen LogP contribution >= 0.6 is 0 Å². The number of benzene rings is 2. The Labute approximate surface area is 198 Å². The topological polar surface area (TPSA) is 106 Å². The molecule has 1 fully saturated rings. The quantitative estimate of drug-likeness (QED) is 0.364. The molecule has 2 aromatic carbocycles. The lowest BCUT2D eigenvalue weighted by atomic mass is 9.94. The van der Waals surface area contributed by atoms with E-state index >= 15 is 0 Å². The standard InChI is InChI=1S/C26H29NO7/c1-14(2)33-10-9-27-23(16-5-8-21(32-4)19(28)13-16)22(25(30)26(27)31)24(29)17-6-7-20-18(12-17)11-15(3)34-20/h5-8,12-15,23,28-29H,9-11H2,1-4H3/b24-22-. The zero-order chi connectivity index (χ0) is 24.6. The Morgan fingerprint density at radius 2 is 1.97 bits per heavy atom. The Bertz CT molecular complexity index is 1150. The van der Waals surface area contributed by atoms with E-state index in [2.05, 4.69) is 0 Å². The summed E-state index contributed by atoms with van der Waals surface area (Å²) in [5.41, 5.74) is 1.79. The van der Waals surface area contributed by atoms with E-state index in [4.69, 9.17) is 14.2 Å². The predicted molar refractivity (Wildman–Crippen MR) is 125 cm³/mol. The first-order valence-corrected chi connectivity index (χ1v) is 11.3. The van der Waals surface area contributed by atoms with Crippen LogP contribution in [0.3, 0.4) is 0 Å². The van der Waals surface area contributed by atoms with E-state index in [-0.39, 0.29) is 48.2 Å². The third-order valence-corrected chi connectivity index (χ3v) is 6.01. The van der Waals surface area contributed by atoms with Crippen molar-refractivity contribution in [3.63, 3.8) is 0 Å². The molecule has 2 aliphatic rings. The van der Waals surface area contributed by atoms with Gasteiger partial charge >= 0.3 is 0 Å². The van der Waals surface area contributed by atoms with Gasteiger partial charge in [0.1, 0.15) is 17.6 Å². The third kappa shape index (κ3) is 4.33. The summed E-state index contributed by atoms with van der Waals surface area (Å²) in [5, 5.41) is 21.6. The number of phenolic OH excluding ortho intramolecular Hbond substituents is 1. The number of methoxy groups -OCH3 is 1. The van der Waals surface area contributed by atoms with Crippen molar-refractivity contribution in [3.8, 4) is 17.2 Å². The van der Waals surface area contributed by atoms with Gasteiger partial charge in [0.25, 0.3) is 11.7 Å². The Kier molecular flexibility index (Phi) is 6.52. The minimum atomic E-state index is -0.893. The molecule has 2 aliphatic heterocycles. The van der Waals surface area contributed by atoms with Crippen molar-refractivity contribution in [2.45, 2.75) is 45.4 Å². The molecule has 0 saturated carbocycles. The first-order valence-electron chi connectivity index (χ1n) is 11.3. The van der Waals surface area contributed by atoms with Crippen LogP contribution in [-0.2, 0) is 20.7 Å². The molecule has 0 aliphatic carbocycles. The second kappa shape index (κ2) is 9.38. The van der Waals surface area contributed by atoms with Gasteiger partial charge in [-0.3, -0.25) is 9.59 Å². The van der Waals surface area contributed by atoms with Crippen molar-refractivity contribution < 1.29 is 34.0 Å². The molecule has 1 amide bonds. The highest BCUT2D eigenvalue weighted by Crippen LogP contribution is 2.42. The van der Waals surface area contributed by atoms with Gasteiger partial charge in [0.05, 0.1) is 31.4 Å². The van der Waals surface area contributed by atoms with Gasteiger partial charge in [-0.15, -0.1) is 0 Å². The van der Waals surface area contributed by atoms with Crippen molar-refractivity contribution in [2.75, 3.05) is 20.3 Å². The fourth-order valence-electron chi connectivity index (χ4n) is 4.45. The van der Waals surface area contributed by atoms with Gasteiger partial charge in [-0.25, -0.2) is 0 Å². The summed E-state index contributed by atoms with van der Waals surface area (Å²) in [6.07, 6.45) is 0.671. The largest absolute Gasteiger partial charge is 0.507 e. The molecule has 0 spiro atoms. The molecule has 4 rings (SSSR count). The zero-order valence-electron chi connectivity index (χ0n) is 19.7. The van der Waals surface area contributed by atoms with Crippen molar-refractivity contribution >= 4 is 17.4 Å². The summed E-state index contributed by atoms with van der Waals surface area (Å²) in [5.74, 6) is -0.913. The maximum absolute atomic E-state index is 13.1. The molecule has 0 bridgehead atoms. The molecule has 2 aromatic rings. The molecule has 8 heteroatoms. The molecule has 34 heavy (non-hydrogen) atoms. The van der Waals surface area contributed by atoms with Crippen LogP contribution in [0.5, 0.6) is 17.2 Å². The number of aromatic hydroxyl groups is 1. The minimum absolute atomic E-state index is 0.0289. The summed E-state index contributed by atoms with van der Waals surface area (Å²) < 4.78 is 16.5. The van der Waals surface area contributed by atoms with Crippen molar-refractivity contribution in [2.24, 2.45) is 0 Å². The Hall–Kier alpha value is -3.52. The van der Waals surface area contributed by atoms with Crippen LogP contribution < -0.4 is 9.47 Å². The number of ketones is 1. The maximum atomic E-state index is 13.1. The molecule has 1 saturated heterocycles. The first-order chi connectivity index (χ1) is 16.2. The number of Topliss-reactive ketones (excluding diaryl/α,β-unsaturated/α-hetero) is 1.